The molecule has 1 unspecified atom stereocenters. The first-order valence-corrected chi connectivity index (χ1v) is 7.53. The minimum atomic E-state index is -0.495. The molecule has 0 amide bonds. The van der Waals surface area contributed by atoms with Crippen LogP contribution in [-0.4, -0.2) is 24.8 Å². The predicted molar refractivity (Wildman–Crippen MR) is 84.6 cm³/mol. The summed E-state index contributed by atoms with van der Waals surface area (Å²) in [5.74, 6) is 1.62. The van der Waals surface area contributed by atoms with Gasteiger partial charge in [-0.15, -0.1) is 0 Å². The zero-order valence-electron chi connectivity index (χ0n) is 13.5. The number of hydrogen-bond donors (Lipinski definition) is 1. The van der Waals surface area contributed by atoms with Crippen LogP contribution in [0, 0.1) is 11.3 Å². The molecule has 0 saturated heterocycles. The Morgan fingerprint density at radius 1 is 1.29 bits per heavy atom. The molecular weight excluding hydrogens is 264 g/mol. The van der Waals surface area contributed by atoms with Gasteiger partial charge in [0.25, 0.3) is 0 Å². The van der Waals surface area contributed by atoms with Gasteiger partial charge < -0.3 is 9.47 Å². The molecule has 0 bridgehead atoms. The second-order valence-corrected chi connectivity index (χ2v) is 5.60. The fraction of sp³-hybridized carbons (Fsp3) is 0.588. The topological polar surface area (TPSA) is 54.3 Å². The van der Waals surface area contributed by atoms with Gasteiger partial charge in [-0.1, -0.05) is 6.07 Å². The zero-order valence-corrected chi connectivity index (χ0v) is 13.5. The third-order valence-electron chi connectivity index (χ3n) is 3.06. The predicted octanol–water partition coefficient (Wildman–Crippen LogP) is 3.52. The number of rotatable bonds is 9. The first kappa shape index (κ1) is 17.3. The Kier molecular flexibility index (Phi) is 7.04. The first-order chi connectivity index (χ1) is 9.99. The molecule has 0 heterocycles. The monoisotopic (exact) mass is 290 g/mol. The Morgan fingerprint density at radius 3 is 2.52 bits per heavy atom. The highest BCUT2D eigenvalue weighted by molar-refractivity contribution is 5.32. The van der Waals surface area contributed by atoms with Gasteiger partial charge in [0.05, 0.1) is 19.3 Å². The number of ether oxygens (including phenoxy) is 2. The fourth-order valence-electron chi connectivity index (χ4n) is 2.23. The number of nitrogens with one attached hydrogen (secondary N) is 1. The number of nitriles is 1. The molecule has 1 rings (SSSR count). The molecule has 0 aromatic heterocycles. The van der Waals surface area contributed by atoms with Crippen molar-refractivity contribution in [2.45, 2.75) is 52.1 Å². The molecule has 0 aliphatic heterocycles. The van der Waals surface area contributed by atoms with Crippen LogP contribution in [0.25, 0.3) is 0 Å². The summed E-state index contributed by atoms with van der Waals surface area (Å²) >= 11 is 0. The van der Waals surface area contributed by atoms with Crippen molar-refractivity contribution in [1.29, 1.82) is 5.26 Å². The molecule has 21 heavy (non-hydrogen) atoms. The van der Waals surface area contributed by atoms with E-state index < -0.39 is 5.54 Å². The van der Waals surface area contributed by atoms with E-state index in [0.29, 0.717) is 19.3 Å². The standard InChI is InChI=1S/C17H26N2O2/c1-5-20-15-8-6-9-16(12-15)21-11-7-10-17(4,13-18)19-14(2)3/h6,8-9,12,14,19H,5,7,10-11H2,1-4H3. The molecule has 4 nitrogen and oxygen atoms in total. The van der Waals surface area contributed by atoms with Gasteiger partial charge in [-0.25, -0.2) is 0 Å². The highest BCUT2D eigenvalue weighted by Crippen LogP contribution is 2.20. The average Bonchev–Trinajstić information content (AvgIpc) is 2.44. The molecule has 1 aromatic carbocycles. The largest absolute Gasteiger partial charge is 0.494 e. The van der Waals surface area contributed by atoms with Gasteiger partial charge in [-0.3, -0.25) is 5.32 Å². The molecule has 0 radical (unpaired) electrons. The molecule has 0 fully saturated rings. The molecule has 1 atom stereocenters. The summed E-state index contributed by atoms with van der Waals surface area (Å²) in [7, 11) is 0. The van der Waals surface area contributed by atoms with Crippen LogP contribution < -0.4 is 14.8 Å². The maximum Gasteiger partial charge on any atom is 0.122 e. The molecular formula is C17H26N2O2. The Bertz CT molecular complexity index is 468. The van der Waals surface area contributed by atoms with Crippen LogP contribution in [0.1, 0.15) is 40.5 Å². The molecule has 4 heteroatoms. The van der Waals surface area contributed by atoms with Gasteiger partial charge >= 0.3 is 0 Å². The van der Waals surface area contributed by atoms with E-state index in [-0.39, 0.29) is 0 Å². The van der Waals surface area contributed by atoms with Crippen molar-refractivity contribution in [2.24, 2.45) is 0 Å². The lowest BCUT2D eigenvalue weighted by Crippen LogP contribution is -2.45. The third-order valence-corrected chi connectivity index (χ3v) is 3.06. The van der Waals surface area contributed by atoms with Gasteiger partial charge in [-0.2, -0.15) is 5.26 Å². The Morgan fingerprint density at radius 2 is 1.95 bits per heavy atom. The third kappa shape index (κ3) is 6.50. The van der Waals surface area contributed by atoms with Gasteiger partial charge in [0, 0.05) is 12.1 Å². The molecule has 0 spiro atoms. The summed E-state index contributed by atoms with van der Waals surface area (Å²) in [5.41, 5.74) is -0.495. The summed E-state index contributed by atoms with van der Waals surface area (Å²) in [6.45, 7) is 9.22. The fourth-order valence-corrected chi connectivity index (χ4v) is 2.23. The van der Waals surface area contributed by atoms with E-state index in [2.05, 4.69) is 11.4 Å². The Labute approximate surface area is 128 Å². The van der Waals surface area contributed by atoms with E-state index in [1.807, 2.05) is 52.0 Å². The van der Waals surface area contributed by atoms with Crippen molar-refractivity contribution in [3.8, 4) is 17.6 Å². The Balaban J connectivity index is 2.40. The van der Waals surface area contributed by atoms with Crippen LogP contribution in [0.4, 0.5) is 0 Å². The van der Waals surface area contributed by atoms with Crippen molar-refractivity contribution < 1.29 is 9.47 Å². The quantitative estimate of drug-likeness (QED) is 0.707. The number of benzene rings is 1. The summed E-state index contributed by atoms with van der Waals surface area (Å²) in [6, 6.07) is 10.3. The minimum absolute atomic E-state index is 0.290. The van der Waals surface area contributed by atoms with Crippen LogP contribution in [-0.2, 0) is 0 Å². The van der Waals surface area contributed by atoms with E-state index in [4.69, 9.17) is 9.47 Å². The Hall–Kier alpha value is -1.73. The molecule has 1 aromatic rings. The maximum atomic E-state index is 9.28. The second-order valence-electron chi connectivity index (χ2n) is 5.60. The SMILES string of the molecule is CCOc1cccc(OCCCC(C)(C#N)NC(C)C)c1. The van der Waals surface area contributed by atoms with Crippen molar-refractivity contribution in [1.82, 2.24) is 5.32 Å². The van der Waals surface area contributed by atoms with Gasteiger partial charge in [0.15, 0.2) is 0 Å². The summed E-state index contributed by atoms with van der Waals surface area (Å²) < 4.78 is 11.2. The van der Waals surface area contributed by atoms with Gasteiger partial charge in [-0.05, 0) is 52.7 Å². The second kappa shape index (κ2) is 8.53. The van der Waals surface area contributed by atoms with Crippen molar-refractivity contribution >= 4 is 0 Å². The summed E-state index contributed by atoms with van der Waals surface area (Å²) in [6.07, 6.45) is 1.58. The minimum Gasteiger partial charge on any atom is -0.494 e. The van der Waals surface area contributed by atoms with Crippen molar-refractivity contribution in [3.63, 3.8) is 0 Å². The lowest BCUT2D eigenvalue weighted by atomic mass is 9.97. The van der Waals surface area contributed by atoms with Crippen LogP contribution in [0.5, 0.6) is 11.5 Å². The van der Waals surface area contributed by atoms with Gasteiger partial charge in [0.2, 0.25) is 0 Å². The van der Waals surface area contributed by atoms with E-state index in [1.165, 1.54) is 0 Å². The van der Waals surface area contributed by atoms with Crippen LogP contribution in [0.2, 0.25) is 0 Å². The molecule has 1 N–H and O–H groups in total. The molecule has 0 saturated carbocycles. The molecule has 116 valence electrons. The lowest BCUT2D eigenvalue weighted by molar-refractivity contribution is 0.277. The number of nitrogens with zero attached hydrogens (tertiary/aromatic N) is 1. The van der Waals surface area contributed by atoms with E-state index in [1.54, 1.807) is 0 Å². The lowest BCUT2D eigenvalue weighted by Gasteiger charge is -2.25. The van der Waals surface area contributed by atoms with Crippen LogP contribution in [0.15, 0.2) is 24.3 Å². The van der Waals surface area contributed by atoms with Crippen LogP contribution >= 0.6 is 0 Å². The zero-order chi connectivity index (χ0) is 15.7. The van der Waals surface area contributed by atoms with Crippen molar-refractivity contribution in [2.75, 3.05) is 13.2 Å². The summed E-state index contributed by atoms with van der Waals surface area (Å²) in [5, 5.41) is 12.6. The first-order valence-electron chi connectivity index (χ1n) is 7.53. The number of hydrogen-bond acceptors (Lipinski definition) is 4. The highest BCUT2D eigenvalue weighted by atomic mass is 16.5. The van der Waals surface area contributed by atoms with Crippen LogP contribution in [0.3, 0.4) is 0 Å². The van der Waals surface area contributed by atoms with Gasteiger partial charge in [0.1, 0.15) is 17.0 Å². The van der Waals surface area contributed by atoms with Crippen molar-refractivity contribution in [3.05, 3.63) is 24.3 Å². The molecule has 0 aliphatic carbocycles. The van der Waals surface area contributed by atoms with E-state index >= 15 is 0 Å². The summed E-state index contributed by atoms with van der Waals surface area (Å²) in [4.78, 5) is 0. The van der Waals surface area contributed by atoms with E-state index in [0.717, 1.165) is 24.3 Å². The smallest absolute Gasteiger partial charge is 0.122 e. The highest BCUT2D eigenvalue weighted by Gasteiger charge is 2.23. The molecule has 0 aliphatic rings. The maximum absolute atomic E-state index is 9.28. The average molecular weight is 290 g/mol. The van der Waals surface area contributed by atoms with E-state index in [9.17, 15) is 5.26 Å². The normalized spacial score (nSPS) is 13.5.